The predicted molar refractivity (Wildman–Crippen MR) is 332 cm³/mol. The molecule has 2 heteroatoms. The maximum atomic E-state index is 3.91. The number of rotatable bonds is 12. The Labute approximate surface area is 451 Å². The third kappa shape index (κ3) is 9.03. The summed E-state index contributed by atoms with van der Waals surface area (Å²) < 4.78 is 0. The summed E-state index contributed by atoms with van der Waals surface area (Å²) in [5.41, 5.74) is 18.1. The first kappa shape index (κ1) is 46.7. The van der Waals surface area contributed by atoms with Gasteiger partial charge in [0.05, 0.1) is 17.1 Å². The normalized spacial score (nSPS) is 11.4. The van der Waals surface area contributed by atoms with E-state index in [1.165, 1.54) is 65.5 Å². The standard InChI is InChI=1S/C75H54N2/c1-3-4-19-60-46-62(35-34-52(60)2)54-40-44-66(45-41-54)77(74-33-18-29-57-26-14-16-31-69(57)74)75-49-64-48-67(50-70(58-21-7-5-8-22-58)71(64)51-72(75)59-23-9-6-10-24-59)76(73-32-17-28-56-25-13-15-30-68(56)73)65-42-38-55(39-43-65)63-37-36-53-20-11-12-27-61(53)47-63/h3-51H,1H2,2H3/b19-4-. The highest BCUT2D eigenvalue weighted by Crippen LogP contribution is 2.49. The highest BCUT2D eigenvalue weighted by molar-refractivity contribution is 6.10. The van der Waals surface area contributed by atoms with E-state index in [2.05, 4.69) is 308 Å². The van der Waals surface area contributed by atoms with Crippen LogP contribution in [0.25, 0.3) is 93.7 Å². The van der Waals surface area contributed by atoms with Crippen LogP contribution in [0.1, 0.15) is 11.1 Å². The molecule has 0 unspecified atom stereocenters. The van der Waals surface area contributed by atoms with Gasteiger partial charge < -0.3 is 9.80 Å². The van der Waals surface area contributed by atoms with Crippen molar-refractivity contribution >= 4 is 83.3 Å². The van der Waals surface area contributed by atoms with Crippen molar-refractivity contribution in [1.82, 2.24) is 0 Å². The van der Waals surface area contributed by atoms with Crippen LogP contribution < -0.4 is 9.80 Å². The second-order valence-electron chi connectivity index (χ2n) is 19.8. The Morgan fingerprint density at radius 3 is 1.44 bits per heavy atom. The zero-order valence-corrected chi connectivity index (χ0v) is 42.9. The van der Waals surface area contributed by atoms with E-state index < -0.39 is 0 Å². The van der Waals surface area contributed by atoms with E-state index >= 15 is 0 Å². The summed E-state index contributed by atoms with van der Waals surface area (Å²) in [7, 11) is 0. The van der Waals surface area contributed by atoms with E-state index in [-0.39, 0.29) is 0 Å². The largest absolute Gasteiger partial charge is 0.310 e. The van der Waals surface area contributed by atoms with E-state index in [1.807, 2.05) is 12.2 Å². The Bertz CT molecular complexity index is 4330. The lowest BCUT2D eigenvalue weighted by Gasteiger charge is -2.31. The summed E-state index contributed by atoms with van der Waals surface area (Å²) >= 11 is 0. The van der Waals surface area contributed by atoms with Crippen molar-refractivity contribution in [3.05, 3.63) is 309 Å². The van der Waals surface area contributed by atoms with Crippen LogP contribution in [0.15, 0.2) is 298 Å². The van der Waals surface area contributed by atoms with Crippen LogP contribution in [0.5, 0.6) is 0 Å². The van der Waals surface area contributed by atoms with Gasteiger partial charge in [-0.15, -0.1) is 0 Å². The molecule has 0 bridgehead atoms. The zero-order valence-electron chi connectivity index (χ0n) is 42.9. The van der Waals surface area contributed by atoms with Crippen LogP contribution in [0.3, 0.4) is 0 Å². The van der Waals surface area contributed by atoms with Gasteiger partial charge in [0.1, 0.15) is 0 Å². The van der Waals surface area contributed by atoms with E-state index in [9.17, 15) is 0 Å². The monoisotopic (exact) mass is 982 g/mol. The predicted octanol–water partition coefficient (Wildman–Crippen LogP) is 21.4. The fraction of sp³-hybridized carbons (Fsp3) is 0.0133. The van der Waals surface area contributed by atoms with Gasteiger partial charge in [-0.05, 0) is 162 Å². The van der Waals surface area contributed by atoms with Gasteiger partial charge in [-0.25, -0.2) is 0 Å². The van der Waals surface area contributed by atoms with Crippen molar-refractivity contribution in [2.45, 2.75) is 6.92 Å². The lowest BCUT2D eigenvalue weighted by Crippen LogP contribution is -2.13. The van der Waals surface area contributed by atoms with Crippen LogP contribution in [-0.4, -0.2) is 0 Å². The van der Waals surface area contributed by atoms with E-state index in [4.69, 9.17) is 0 Å². The molecule has 0 aromatic heterocycles. The summed E-state index contributed by atoms with van der Waals surface area (Å²) in [5.74, 6) is 0. The van der Waals surface area contributed by atoms with Crippen molar-refractivity contribution in [2.75, 3.05) is 9.80 Å². The number of aryl methyl sites for hydroxylation is 1. The maximum Gasteiger partial charge on any atom is 0.0546 e. The summed E-state index contributed by atoms with van der Waals surface area (Å²) in [6.45, 7) is 6.07. The maximum absolute atomic E-state index is 3.91. The molecule has 0 atom stereocenters. The van der Waals surface area contributed by atoms with Gasteiger partial charge in [0.15, 0.2) is 0 Å². The first-order valence-corrected chi connectivity index (χ1v) is 26.4. The molecule has 77 heavy (non-hydrogen) atoms. The summed E-state index contributed by atoms with van der Waals surface area (Å²) in [6, 6.07) is 102. The average Bonchev–Trinajstić information content (AvgIpc) is 3.50. The molecule has 0 heterocycles. The van der Waals surface area contributed by atoms with Gasteiger partial charge in [0.25, 0.3) is 0 Å². The minimum atomic E-state index is 1.06. The van der Waals surface area contributed by atoms with Crippen molar-refractivity contribution in [1.29, 1.82) is 0 Å². The molecule has 0 N–H and O–H groups in total. The van der Waals surface area contributed by atoms with Crippen LogP contribution in [0.2, 0.25) is 0 Å². The smallest absolute Gasteiger partial charge is 0.0546 e. The van der Waals surface area contributed by atoms with Gasteiger partial charge in [-0.1, -0.05) is 231 Å². The lowest BCUT2D eigenvalue weighted by atomic mass is 9.91. The second-order valence-corrected chi connectivity index (χ2v) is 19.8. The minimum Gasteiger partial charge on any atom is -0.310 e. The summed E-state index contributed by atoms with van der Waals surface area (Å²) in [4.78, 5) is 4.93. The highest BCUT2D eigenvalue weighted by atomic mass is 15.2. The first-order valence-electron chi connectivity index (χ1n) is 26.4. The number of allylic oxidation sites excluding steroid dienone is 2. The summed E-state index contributed by atoms with van der Waals surface area (Å²) in [5, 5.41) is 9.47. The Balaban J connectivity index is 1.06. The minimum absolute atomic E-state index is 1.06. The number of benzene rings is 13. The van der Waals surface area contributed by atoms with Gasteiger partial charge in [0.2, 0.25) is 0 Å². The second kappa shape index (κ2) is 20.4. The fourth-order valence-electron chi connectivity index (χ4n) is 11.2. The first-order chi connectivity index (χ1) is 38.0. The molecule has 13 rings (SSSR count). The molecule has 0 aliphatic heterocycles. The van der Waals surface area contributed by atoms with Crippen LogP contribution in [0, 0.1) is 6.92 Å². The summed E-state index contributed by atoms with van der Waals surface area (Å²) in [6.07, 6.45) is 5.96. The lowest BCUT2D eigenvalue weighted by molar-refractivity contribution is 1.29. The molecule has 2 nitrogen and oxygen atoms in total. The molecule has 0 amide bonds. The molecule has 13 aromatic carbocycles. The SMILES string of the molecule is C=C/C=C\c1cc(-c2ccc(N(c3cc4cc(N(c5ccc(-c6ccc7ccccc7c6)cc5)c5cccc6ccccc56)cc(-c5ccccc5)c4cc3-c3ccccc3)c3cccc4ccccc34)cc2)ccc1C. The van der Waals surface area contributed by atoms with Gasteiger partial charge in [0, 0.05) is 33.4 Å². The Kier molecular flexibility index (Phi) is 12.4. The van der Waals surface area contributed by atoms with Crippen molar-refractivity contribution in [3.63, 3.8) is 0 Å². The Morgan fingerprint density at radius 1 is 0.299 bits per heavy atom. The Morgan fingerprint density at radius 2 is 0.805 bits per heavy atom. The topological polar surface area (TPSA) is 6.48 Å². The molecule has 0 aliphatic rings. The molecule has 0 fully saturated rings. The van der Waals surface area contributed by atoms with Crippen LogP contribution >= 0.6 is 0 Å². The average molecular weight is 983 g/mol. The molecule has 364 valence electrons. The number of fused-ring (bicyclic) bond motifs is 4. The van der Waals surface area contributed by atoms with Gasteiger partial charge in [-0.2, -0.15) is 0 Å². The molecule has 0 spiro atoms. The fourth-order valence-corrected chi connectivity index (χ4v) is 11.2. The number of anilines is 6. The number of nitrogens with zero attached hydrogens (tertiary/aromatic N) is 2. The van der Waals surface area contributed by atoms with Crippen LogP contribution in [0.4, 0.5) is 34.1 Å². The third-order valence-electron chi connectivity index (χ3n) is 15.1. The van der Waals surface area contributed by atoms with Crippen molar-refractivity contribution in [2.24, 2.45) is 0 Å². The van der Waals surface area contributed by atoms with Crippen molar-refractivity contribution in [3.8, 4) is 44.5 Å². The molecule has 0 saturated heterocycles. The van der Waals surface area contributed by atoms with Gasteiger partial charge >= 0.3 is 0 Å². The molecule has 0 aliphatic carbocycles. The molecular weight excluding hydrogens is 929 g/mol. The number of hydrogen-bond acceptors (Lipinski definition) is 2. The highest BCUT2D eigenvalue weighted by Gasteiger charge is 2.24. The van der Waals surface area contributed by atoms with Crippen molar-refractivity contribution < 1.29 is 0 Å². The molecule has 13 aromatic rings. The number of hydrogen-bond donors (Lipinski definition) is 0. The van der Waals surface area contributed by atoms with E-state index in [0.717, 1.165) is 67.3 Å². The van der Waals surface area contributed by atoms with Gasteiger partial charge in [-0.3, -0.25) is 0 Å². The third-order valence-corrected chi connectivity index (χ3v) is 15.1. The van der Waals surface area contributed by atoms with E-state index in [1.54, 1.807) is 0 Å². The quantitative estimate of drug-likeness (QED) is 0.113. The molecule has 0 saturated carbocycles. The van der Waals surface area contributed by atoms with E-state index in [0.29, 0.717) is 0 Å². The zero-order chi connectivity index (χ0) is 51.7. The molecular formula is C75H54N2. The Hall–Kier alpha value is -10.0. The van der Waals surface area contributed by atoms with Crippen LogP contribution in [-0.2, 0) is 0 Å². The molecule has 0 radical (unpaired) electrons.